The third kappa shape index (κ3) is 3.89. The van der Waals surface area contributed by atoms with Gasteiger partial charge in [0.25, 0.3) is 0 Å². The third-order valence-corrected chi connectivity index (χ3v) is 6.03. The third-order valence-electron chi connectivity index (χ3n) is 5.28. The summed E-state index contributed by atoms with van der Waals surface area (Å²) in [5.41, 5.74) is 16.0. The molecule has 0 unspecified atom stereocenters. The van der Waals surface area contributed by atoms with Gasteiger partial charge in [0.15, 0.2) is 17.4 Å². The zero-order valence-corrected chi connectivity index (χ0v) is 19.8. The van der Waals surface area contributed by atoms with Crippen LogP contribution in [0.4, 0.5) is 15.9 Å². The normalized spacial score (nSPS) is 10.9. The minimum atomic E-state index is -0.648. The van der Waals surface area contributed by atoms with Crippen molar-refractivity contribution in [2.75, 3.05) is 11.5 Å². The summed E-state index contributed by atoms with van der Waals surface area (Å²) >= 11 is 3.59. The first kappa shape index (κ1) is 22.2. The largest absolute Gasteiger partial charge is 0.421 e. The maximum absolute atomic E-state index is 15.2. The highest BCUT2D eigenvalue weighted by molar-refractivity contribution is 9.10. The Morgan fingerprint density at radius 3 is 2.66 bits per heavy atom. The van der Waals surface area contributed by atoms with E-state index in [2.05, 4.69) is 41.9 Å². The number of nitrogens with zero attached hydrogens (tertiary/aromatic N) is 6. The molecule has 5 aromatic rings. The predicted molar refractivity (Wildman–Crippen MR) is 132 cm³/mol. The molecule has 0 aliphatic carbocycles. The van der Waals surface area contributed by atoms with E-state index in [1.165, 1.54) is 24.7 Å². The summed E-state index contributed by atoms with van der Waals surface area (Å²) in [6.45, 7) is 1.78. The minimum absolute atomic E-state index is 0.0321. The van der Waals surface area contributed by atoms with Crippen LogP contribution in [0.5, 0.6) is 11.8 Å². The Bertz CT molecular complexity index is 1660. The number of nitriles is 1. The minimum Gasteiger partial charge on any atom is -0.421 e. The number of hydrogen-bond donors (Lipinski definition) is 2. The highest BCUT2D eigenvalue weighted by Gasteiger charge is 2.24. The van der Waals surface area contributed by atoms with Crippen LogP contribution in [0.25, 0.3) is 28.0 Å². The maximum atomic E-state index is 15.2. The number of benzene rings is 2. The zero-order valence-electron chi connectivity index (χ0n) is 18.2. The Labute approximate surface area is 207 Å². The van der Waals surface area contributed by atoms with Crippen LogP contribution in [0, 0.1) is 24.1 Å². The monoisotopic (exact) mass is 530 g/mol. The summed E-state index contributed by atoms with van der Waals surface area (Å²) in [4.78, 5) is 16.6. The van der Waals surface area contributed by atoms with Crippen LogP contribution in [-0.2, 0) is 0 Å². The molecule has 0 aliphatic heterocycles. The molecule has 0 radical (unpaired) electrons. The fraction of sp³-hybridized carbons (Fsp3) is 0.0417. The molecular formula is C24H16BrFN8O. The number of anilines is 2. The lowest BCUT2D eigenvalue weighted by Crippen LogP contribution is -2.03. The highest BCUT2D eigenvalue weighted by atomic mass is 79.9. The van der Waals surface area contributed by atoms with Gasteiger partial charge in [0, 0.05) is 34.9 Å². The molecule has 11 heteroatoms. The zero-order chi connectivity index (χ0) is 24.7. The number of rotatable bonds is 4. The molecule has 0 spiro atoms. The molecule has 9 nitrogen and oxygen atoms in total. The Hall–Kier alpha value is -4.56. The molecule has 5 rings (SSSR count). The molecule has 2 aromatic carbocycles. The molecule has 0 atom stereocenters. The van der Waals surface area contributed by atoms with Crippen molar-refractivity contribution in [3.05, 3.63) is 76.5 Å². The van der Waals surface area contributed by atoms with Crippen LogP contribution in [0.15, 0.2) is 59.5 Å². The molecule has 0 fully saturated rings. The van der Waals surface area contributed by atoms with Crippen molar-refractivity contribution in [1.82, 2.24) is 24.5 Å². The fourth-order valence-electron chi connectivity index (χ4n) is 3.74. The summed E-state index contributed by atoms with van der Waals surface area (Å²) in [7, 11) is 0. The number of halogens is 2. The quantitative estimate of drug-likeness (QED) is 0.312. The van der Waals surface area contributed by atoms with E-state index in [1.54, 1.807) is 41.8 Å². The van der Waals surface area contributed by atoms with E-state index >= 15 is 4.39 Å². The number of ether oxygens (including phenoxy) is 1. The van der Waals surface area contributed by atoms with Gasteiger partial charge in [-0.15, -0.1) is 0 Å². The van der Waals surface area contributed by atoms with E-state index in [4.69, 9.17) is 16.2 Å². The Balaban J connectivity index is 1.73. The molecule has 3 aromatic heterocycles. The van der Waals surface area contributed by atoms with Gasteiger partial charge < -0.3 is 20.8 Å². The molecule has 35 heavy (non-hydrogen) atoms. The molecule has 0 saturated carbocycles. The van der Waals surface area contributed by atoms with Gasteiger partial charge in [0.2, 0.25) is 0 Å². The maximum Gasteiger partial charge on any atom is 0.322 e. The molecule has 4 N–H and O–H groups in total. The fourth-order valence-corrected chi connectivity index (χ4v) is 4.42. The second kappa shape index (κ2) is 8.66. The number of hydrogen-bond acceptors (Lipinski definition) is 8. The van der Waals surface area contributed by atoms with Gasteiger partial charge in [0.05, 0.1) is 21.8 Å². The first-order valence-electron chi connectivity index (χ1n) is 10.2. The van der Waals surface area contributed by atoms with Crippen molar-refractivity contribution < 1.29 is 9.13 Å². The van der Waals surface area contributed by atoms with Crippen LogP contribution in [0.3, 0.4) is 0 Å². The number of nitrogen functional groups attached to an aromatic ring is 2. The van der Waals surface area contributed by atoms with E-state index in [-0.39, 0.29) is 17.6 Å². The number of aromatic nitrogens is 5. The average molecular weight is 531 g/mol. The molecule has 3 heterocycles. The van der Waals surface area contributed by atoms with Crippen LogP contribution in [0.1, 0.15) is 11.3 Å². The van der Waals surface area contributed by atoms with Gasteiger partial charge in [-0.1, -0.05) is 0 Å². The van der Waals surface area contributed by atoms with Crippen molar-refractivity contribution in [2.45, 2.75) is 6.92 Å². The average Bonchev–Trinajstić information content (AvgIpc) is 3.14. The van der Waals surface area contributed by atoms with Crippen molar-refractivity contribution in [1.29, 1.82) is 5.26 Å². The van der Waals surface area contributed by atoms with Crippen molar-refractivity contribution in [3.63, 3.8) is 0 Å². The summed E-state index contributed by atoms with van der Waals surface area (Å²) in [6, 6.07) is 13.3. The molecule has 0 saturated heterocycles. The van der Waals surface area contributed by atoms with Crippen molar-refractivity contribution >= 4 is 38.5 Å². The smallest absolute Gasteiger partial charge is 0.322 e. The van der Waals surface area contributed by atoms with Crippen LogP contribution >= 0.6 is 15.9 Å². The van der Waals surface area contributed by atoms with E-state index in [0.29, 0.717) is 49.4 Å². The van der Waals surface area contributed by atoms with Gasteiger partial charge in [-0.25, -0.2) is 24.3 Å². The number of fused-ring (bicyclic) bond motifs is 1. The first-order valence-corrected chi connectivity index (χ1v) is 11.0. The second-order valence-corrected chi connectivity index (χ2v) is 8.36. The second-order valence-electron chi connectivity index (χ2n) is 7.57. The van der Waals surface area contributed by atoms with E-state index in [1.807, 2.05) is 0 Å². The Kier molecular flexibility index (Phi) is 5.50. The lowest BCUT2D eigenvalue weighted by atomic mass is 10.0. The number of aryl methyl sites for hydroxylation is 1. The van der Waals surface area contributed by atoms with Crippen molar-refractivity contribution in [2.24, 2.45) is 0 Å². The molecule has 0 amide bonds. The van der Waals surface area contributed by atoms with Crippen LogP contribution in [0.2, 0.25) is 0 Å². The Morgan fingerprint density at radius 1 is 1.09 bits per heavy atom. The molecule has 0 bridgehead atoms. The standard InChI is InChI=1S/C24H16BrFN8O/c1-12-6-7-30-24(33-12)35-18-5-3-15(9-17(18)26)34-21(16-4-2-14(28)8-13(16)10-27)19(25)20-22(34)23(29)32-11-31-20/h2-9,11H,28H2,1H3,(H2,29,31,32). The predicted octanol–water partition coefficient (Wildman–Crippen LogP) is 4.92. The van der Waals surface area contributed by atoms with E-state index < -0.39 is 5.82 Å². The highest BCUT2D eigenvalue weighted by Crippen LogP contribution is 2.42. The van der Waals surface area contributed by atoms with Crippen LogP contribution < -0.4 is 16.2 Å². The van der Waals surface area contributed by atoms with Crippen LogP contribution in [-0.4, -0.2) is 24.5 Å². The van der Waals surface area contributed by atoms with E-state index in [9.17, 15) is 5.26 Å². The van der Waals surface area contributed by atoms with Gasteiger partial charge in [-0.3, -0.25) is 0 Å². The lowest BCUT2D eigenvalue weighted by Gasteiger charge is -2.14. The van der Waals surface area contributed by atoms with Gasteiger partial charge in [-0.2, -0.15) is 5.26 Å². The van der Waals surface area contributed by atoms with Gasteiger partial charge >= 0.3 is 6.01 Å². The SMILES string of the molecule is Cc1ccnc(Oc2ccc(-n3c(-c4ccc(N)cc4C#N)c(Br)c4ncnc(N)c43)cc2F)n1. The van der Waals surface area contributed by atoms with Crippen molar-refractivity contribution in [3.8, 4) is 34.8 Å². The summed E-state index contributed by atoms with van der Waals surface area (Å²) in [5, 5.41) is 9.75. The summed E-state index contributed by atoms with van der Waals surface area (Å²) < 4.78 is 23.0. The molecule has 172 valence electrons. The van der Waals surface area contributed by atoms with Gasteiger partial charge in [0.1, 0.15) is 17.4 Å². The Morgan fingerprint density at radius 2 is 1.91 bits per heavy atom. The topological polar surface area (TPSA) is 142 Å². The lowest BCUT2D eigenvalue weighted by molar-refractivity contribution is 0.410. The molecular weight excluding hydrogens is 515 g/mol. The van der Waals surface area contributed by atoms with Gasteiger partial charge in [-0.05, 0) is 59.3 Å². The summed E-state index contributed by atoms with van der Waals surface area (Å²) in [6.07, 6.45) is 2.87. The van der Waals surface area contributed by atoms with E-state index in [0.717, 1.165) is 0 Å². The number of nitrogens with two attached hydrogens (primary N) is 2. The summed E-state index contributed by atoms with van der Waals surface area (Å²) in [5.74, 6) is -0.514. The molecule has 0 aliphatic rings. The first-order chi connectivity index (χ1) is 16.9.